The first-order valence-electron chi connectivity index (χ1n) is 3.95. The van der Waals surface area contributed by atoms with Gasteiger partial charge in [-0.1, -0.05) is 34.6 Å². The predicted molar refractivity (Wildman–Crippen MR) is 46.9 cm³/mol. The summed E-state index contributed by atoms with van der Waals surface area (Å²) in [7, 11) is 0. The summed E-state index contributed by atoms with van der Waals surface area (Å²) in [6, 6.07) is 0.257. The van der Waals surface area contributed by atoms with E-state index in [4.69, 9.17) is 5.73 Å². The molecule has 1 nitrogen and oxygen atoms in total. The second-order valence-electron chi connectivity index (χ2n) is 4.76. The van der Waals surface area contributed by atoms with Crippen LogP contribution in [0.3, 0.4) is 0 Å². The smallest absolute Gasteiger partial charge is 0.00667 e. The molecule has 0 heterocycles. The topological polar surface area (TPSA) is 26.0 Å². The Morgan fingerprint density at radius 1 is 1.00 bits per heavy atom. The molecule has 0 rings (SSSR count). The molecule has 0 aromatic rings. The Balaban J connectivity index is 4.40. The summed E-state index contributed by atoms with van der Waals surface area (Å²) < 4.78 is 0. The van der Waals surface area contributed by atoms with E-state index in [1.54, 1.807) is 0 Å². The first-order chi connectivity index (χ1) is 4.19. The van der Waals surface area contributed by atoms with Crippen LogP contribution in [0, 0.1) is 10.8 Å². The Bertz CT molecular complexity index is 106. The molecular weight excluding hydrogens is 122 g/mol. The van der Waals surface area contributed by atoms with Crippen molar-refractivity contribution in [2.24, 2.45) is 16.6 Å². The second-order valence-corrected chi connectivity index (χ2v) is 4.76. The van der Waals surface area contributed by atoms with Gasteiger partial charge in [-0.15, -0.1) is 0 Å². The molecule has 62 valence electrons. The predicted octanol–water partition coefficient (Wildman–Crippen LogP) is 2.41. The summed E-state index contributed by atoms with van der Waals surface area (Å²) in [6.45, 7) is 13.2. The molecule has 0 saturated heterocycles. The standard InChI is InChI=1S/C9H21N/c1-7(10)9(5,6)8(2,3)4/h7H,10H2,1-6H3. The third-order valence-electron chi connectivity index (χ3n) is 3.07. The van der Waals surface area contributed by atoms with Gasteiger partial charge in [0, 0.05) is 6.04 Å². The molecule has 0 bridgehead atoms. The third-order valence-corrected chi connectivity index (χ3v) is 3.07. The van der Waals surface area contributed by atoms with Gasteiger partial charge in [-0.3, -0.25) is 0 Å². The fourth-order valence-electron chi connectivity index (χ4n) is 0.683. The lowest BCUT2D eigenvalue weighted by atomic mass is 9.66. The lowest BCUT2D eigenvalue weighted by Crippen LogP contribution is -2.44. The van der Waals surface area contributed by atoms with Gasteiger partial charge in [-0.25, -0.2) is 0 Å². The van der Waals surface area contributed by atoms with Crippen molar-refractivity contribution in [3.8, 4) is 0 Å². The maximum atomic E-state index is 5.86. The molecule has 1 unspecified atom stereocenters. The van der Waals surface area contributed by atoms with Crippen LogP contribution in [0.25, 0.3) is 0 Å². The van der Waals surface area contributed by atoms with Gasteiger partial charge in [0.2, 0.25) is 0 Å². The lowest BCUT2D eigenvalue weighted by Gasteiger charge is -2.42. The molecule has 0 aromatic carbocycles. The second kappa shape index (κ2) is 2.54. The van der Waals surface area contributed by atoms with Gasteiger partial charge in [0.1, 0.15) is 0 Å². The van der Waals surface area contributed by atoms with Gasteiger partial charge in [0.05, 0.1) is 0 Å². The van der Waals surface area contributed by atoms with E-state index in [9.17, 15) is 0 Å². The highest BCUT2D eigenvalue weighted by molar-refractivity contribution is 4.88. The van der Waals surface area contributed by atoms with E-state index in [0.717, 1.165) is 0 Å². The third kappa shape index (κ3) is 1.72. The van der Waals surface area contributed by atoms with Crippen LogP contribution in [0.15, 0.2) is 0 Å². The summed E-state index contributed by atoms with van der Waals surface area (Å²) in [5, 5.41) is 0. The monoisotopic (exact) mass is 143 g/mol. The molecule has 0 radical (unpaired) electrons. The lowest BCUT2D eigenvalue weighted by molar-refractivity contribution is 0.104. The van der Waals surface area contributed by atoms with Crippen molar-refractivity contribution in [1.29, 1.82) is 0 Å². The van der Waals surface area contributed by atoms with Crippen LogP contribution in [0.2, 0.25) is 0 Å². The van der Waals surface area contributed by atoms with E-state index in [1.165, 1.54) is 0 Å². The van der Waals surface area contributed by atoms with Crippen molar-refractivity contribution in [3.05, 3.63) is 0 Å². The highest BCUT2D eigenvalue weighted by Gasteiger charge is 2.35. The largest absolute Gasteiger partial charge is 0.327 e. The normalized spacial score (nSPS) is 17.1. The van der Waals surface area contributed by atoms with Gasteiger partial charge in [-0.2, -0.15) is 0 Å². The number of rotatable bonds is 1. The van der Waals surface area contributed by atoms with Gasteiger partial charge in [0.25, 0.3) is 0 Å². The average molecular weight is 143 g/mol. The molecule has 0 aliphatic carbocycles. The Morgan fingerprint density at radius 3 is 1.30 bits per heavy atom. The van der Waals surface area contributed by atoms with Crippen molar-refractivity contribution in [3.63, 3.8) is 0 Å². The average Bonchev–Trinajstić information content (AvgIpc) is 1.62. The molecule has 1 heteroatoms. The minimum absolute atomic E-state index is 0.215. The highest BCUT2D eigenvalue weighted by atomic mass is 14.7. The van der Waals surface area contributed by atoms with Crippen LogP contribution in [0.1, 0.15) is 41.5 Å². The summed E-state index contributed by atoms with van der Waals surface area (Å²) in [4.78, 5) is 0. The van der Waals surface area contributed by atoms with Gasteiger partial charge in [0.15, 0.2) is 0 Å². The maximum Gasteiger partial charge on any atom is 0.00667 e. The van der Waals surface area contributed by atoms with Crippen LogP contribution in [-0.4, -0.2) is 6.04 Å². The fraction of sp³-hybridized carbons (Fsp3) is 1.00. The molecule has 0 spiro atoms. The van der Waals surface area contributed by atoms with Crippen LogP contribution in [-0.2, 0) is 0 Å². The summed E-state index contributed by atoms with van der Waals surface area (Å²) >= 11 is 0. The highest BCUT2D eigenvalue weighted by Crippen LogP contribution is 2.39. The van der Waals surface area contributed by atoms with E-state index in [2.05, 4.69) is 41.5 Å². The fourth-order valence-corrected chi connectivity index (χ4v) is 0.683. The van der Waals surface area contributed by atoms with Gasteiger partial charge >= 0.3 is 0 Å². The molecule has 0 amide bonds. The minimum atomic E-state index is 0.215. The van der Waals surface area contributed by atoms with E-state index in [1.807, 2.05) is 0 Å². The zero-order chi connectivity index (χ0) is 8.58. The van der Waals surface area contributed by atoms with E-state index < -0.39 is 0 Å². The van der Waals surface area contributed by atoms with Gasteiger partial charge in [-0.05, 0) is 17.8 Å². The number of nitrogens with two attached hydrogens (primary N) is 1. The summed E-state index contributed by atoms with van der Waals surface area (Å²) in [5.41, 5.74) is 6.36. The molecule has 0 fully saturated rings. The van der Waals surface area contributed by atoms with Crippen molar-refractivity contribution in [1.82, 2.24) is 0 Å². The number of hydrogen-bond donors (Lipinski definition) is 1. The number of hydrogen-bond acceptors (Lipinski definition) is 1. The van der Waals surface area contributed by atoms with Crippen LogP contribution < -0.4 is 5.73 Å². The Hall–Kier alpha value is -0.0400. The maximum absolute atomic E-state index is 5.86. The molecule has 0 aliphatic heterocycles. The molecule has 10 heavy (non-hydrogen) atoms. The van der Waals surface area contributed by atoms with E-state index >= 15 is 0 Å². The molecule has 0 saturated carbocycles. The molecule has 0 aromatic heterocycles. The molecule has 2 N–H and O–H groups in total. The van der Waals surface area contributed by atoms with Gasteiger partial charge < -0.3 is 5.73 Å². The van der Waals surface area contributed by atoms with Crippen molar-refractivity contribution in [2.45, 2.75) is 47.6 Å². The summed E-state index contributed by atoms with van der Waals surface area (Å²) in [6.07, 6.45) is 0. The Kier molecular flexibility index (Phi) is 2.53. The van der Waals surface area contributed by atoms with Crippen LogP contribution in [0.4, 0.5) is 0 Å². The van der Waals surface area contributed by atoms with Crippen molar-refractivity contribution >= 4 is 0 Å². The molecular formula is C9H21N. The molecule has 0 aliphatic rings. The summed E-state index contributed by atoms with van der Waals surface area (Å²) in [5.74, 6) is 0. The SMILES string of the molecule is CC(N)C(C)(C)C(C)(C)C. The first kappa shape index (κ1) is 9.96. The Labute approximate surface area is 65.0 Å². The first-order valence-corrected chi connectivity index (χ1v) is 3.95. The van der Waals surface area contributed by atoms with E-state index in [-0.39, 0.29) is 11.5 Å². The zero-order valence-corrected chi connectivity index (χ0v) is 8.15. The molecule has 1 atom stereocenters. The quantitative estimate of drug-likeness (QED) is 0.599. The van der Waals surface area contributed by atoms with E-state index in [0.29, 0.717) is 5.41 Å². The zero-order valence-electron chi connectivity index (χ0n) is 8.15. The van der Waals surface area contributed by atoms with Crippen LogP contribution >= 0.6 is 0 Å². The minimum Gasteiger partial charge on any atom is -0.327 e. The van der Waals surface area contributed by atoms with Crippen molar-refractivity contribution < 1.29 is 0 Å². The van der Waals surface area contributed by atoms with Crippen molar-refractivity contribution in [2.75, 3.05) is 0 Å². The van der Waals surface area contributed by atoms with Crippen LogP contribution in [0.5, 0.6) is 0 Å². The Morgan fingerprint density at radius 2 is 1.30 bits per heavy atom.